The van der Waals surface area contributed by atoms with Crippen LogP contribution in [0.1, 0.15) is 16.7 Å². The van der Waals surface area contributed by atoms with Gasteiger partial charge in [0.1, 0.15) is 6.61 Å². The van der Waals surface area contributed by atoms with Crippen LogP contribution in [0.25, 0.3) is 0 Å². The lowest BCUT2D eigenvalue weighted by atomic mass is 9.96. The van der Waals surface area contributed by atoms with Crippen molar-refractivity contribution in [1.82, 2.24) is 0 Å². The molecule has 0 bridgehead atoms. The van der Waals surface area contributed by atoms with Gasteiger partial charge in [-0.3, -0.25) is 0 Å². The second-order valence-corrected chi connectivity index (χ2v) is 15.2. The molecule has 0 aliphatic carbocycles. The first-order valence-corrected chi connectivity index (χ1v) is 11.8. The predicted molar refractivity (Wildman–Crippen MR) is 127 cm³/mol. The smallest absolute Gasteiger partial charge is 0.226 e. The average molecular weight is 674 g/mol. The van der Waals surface area contributed by atoms with E-state index in [0.717, 1.165) is 6.07 Å². The summed E-state index contributed by atoms with van der Waals surface area (Å²) in [5.41, 5.74) is -0.223. The Labute approximate surface area is 231 Å². The molecule has 0 aliphatic heterocycles. The van der Waals surface area contributed by atoms with Crippen molar-refractivity contribution in [3.63, 3.8) is 0 Å². The maximum atomic E-state index is 11.6. The zero-order chi connectivity index (χ0) is 22.6. The van der Waals surface area contributed by atoms with Gasteiger partial charge in [-0.1, -0.05) is 175 Å². The molecule has 0 aromatic heterocycles. The first-order chi connectivity index (χ1) is 12.2. The Balaban J connectivity index is 3.75. The summed E-state index contributed by atoms with van der Waals surface area (Å²) >= 11 is 84.4. The molecule has 1 nitrogen and oxygen atoms in total. The highest BCUT2D eigenvalue weighted by atomic mass is 35.6. The normalized spacial score (nSPS) is 15.1. The van der Waals surface area contributed by atoms with Gasteiger partial charge in [0.05, 0.1) is 0 Å². The second-order valence-electron chi connectivity index (χ2n) is 5.31. The van der Waals surface area contributed by atoms with Crippen LogP contribution in [-0.4, -0.2) is 16.3 Å². The summed E-state index contributed by atoms with van der Waals surface area (Å²) in [7, 11) is 0. The van der Waals surface area contributed by atoms with Crippen LogP contribution in [0.15, 0.2) is 18.2 Å². The van der Waals surface area contributed by atoms with Crippen molar-refractivity contribution in [2.45, 2.75) is 31.5 Å². The molecule has 0 saturated carbocycles. The molecular weight excluding hydrogens is 668 g/mol. The van der Waals surface area contributed by atoms with Crippen LogP contribution in [0.5, 0.6) is 0 Å². The third-order valence-electron chi connectivity index (χ3n) is 3.47. The van der Waals surface area contributed by atoms with Gasteiger partial charge in [0.2, 0.25) is 16.3 Å². The SMILES string of the molecule is [O]Cc1ccc(C(Cl)(Cl)C(Cl)(Cl)C(Cl)(Cl)Cl)cc1C(Cl)(Cl)C(Cl)(Cl)C(Cl)(Cl)Cl. The molecule has 1 aromatic rings. The Kier molecular flexibility index (Phi) is 9.90. The quantitative estimate of drug-likeness (QED) is 0.278. The molecule has 0 aliphatic rings. The molecule has 0 N–H and O–H groups in total. The van der Waals surface area contributed by atoms with Crippen molar-refractivity contribution in [3.05, 3.63) is 34.9 Å². The van der Waals surface area contributed by atoms with Crippen LogP contribution < -0.4 is 0 Å². The van der Waals surface area contributed by atoms with Crippen molar-refractivity contribution in [2.75, 3.05) is 0 Å². The number of hydrogen-bond acceptors (Lipinski definition) is 0. The van der Waals surface area contributed by atoms with Crippen molar-refractivity contribution in [1.29, 1.82) is 0 Å². The molecule has 1 aromatic carbocycles. The van der Waals surface area contributed by atoms with E-state index in [4.69, 9.17) is 162 Å². The monoisotopic (exact) mass is 667 g/mol. The van der Waals surface area contributed by atoms with E-state index in [1.807, 2.05) is 0 Å². The highest BCUT2D eigenvalue weighted by Crippen LogP contribution is 2.63. The summed E-state index contributed by atoms with van der Waals surface area (Å²) in [5.74, 6) is 0. The van der Waals surface area contributed by atoms with E-state index in [1.165, 1.54) is 12.1 Å². The fourth-order valence-corrected chi connectivity index (χ4v) is 4.90. The van der Waals surface area contributed by atoms with Gasteiger partial charge >= 0.3 is 0 Å². The van der Waals surface area contributed by atoms with Crippen LogP contribution in [0.3, 0.4) is 0 Å². The van der Waals surface area contributed by atoms with Gasteiger partial charge in [-0.25, -0.2) is 5.11 Å². The van der Waals surface area contributed by atoms with Gasteiger partial charge < -0.3 is 0 Å². The maximum Gasteiger partial charge on any atom is 0.226 e. The summed E-state index contributed by atoms with van der Waals surface area (Å²) in [5, 5.41) is 11.6. The van der Waals surface area contributed by atoms with Crippen molar-refractivity contribution in [3.8, 4) is 0 Å². The van der Waals surface area contributed by atoms with E-state index in [0.29, 0.717) is 0 Å². The molecule has 1 rings (SSSR count). The van der Waals surface area contributed by atoms with E-state index >= 15 is 0 Å². The molecule has 0 fully saturated rings. The Bertz CT molecular complexity index is 715. The lowest BCUT2D eigenvalue weighted by Crippen LogP contribution is -2.46. The zero-order valence-electron chi connectivity index (χ0n) is 12.6. The van der Waals surface area contributed by atoms with Crippen LogP contribution >= 0.6 is 162 Å². The highest BCUT2D eigenvalue weighted by molar-refractivity contribution is 6.79. The van der Waals surface area contributed by atoms with E-state index in [9.17, 15) is 5.11 Å². The number of benzene rings is 1. The van der Waals surface area contributed by atoms with Crippen molar-refractivity contribution < 1.29 is 5.11 Å². The lowest BCUT2D eigenvalue weighted by molar-refractivity contribution is 0.176. The maximum absolute atomic E-state index is 11.6. The molecule has 1 radical (unpaired) electrons. The second kappa shape index (κ2) is 9.47. The Morgan fingerprint density at radius 3 is 1.36 bits per heavy atom. The number of alkyl halides is 14. The minimum absolute atomic E-state index is 0.0291. The van der Waals surface area contributed by atoms with Gasteiger partial charge in [0.25, 0.3) is 0 Å². The van der Waals surface area contributed by atoms with Gasteiger partial charge in [-0.15, -0.1) is 0 Å². The molecule has 161 valence electrons. The summed E-state index contributed by atoms with van der Waals surface area (Å²) in [6.07, 6.45) is 0. The topological polar surface area (TPSA) is 19.9 Å². The van der Waals surface area contributed by atoms with Gasteiger partial charge in [0.15, 0.2) is 8.67 Å². The molecule has 0 atom stereocenters. The molecule has 0 spiro atoms. The standard InChI is InChI=1S/C13H5Cl14O/c14-8(15,10(18,19)12(22,23)24)6-2-1-5(4-28)7(3-6)9(16,17)11(20,21)13(25,26)27/h1-3H,4H2. The summed E-state index contributed by atoms with van der Waals surface area (Å²) in [6, 6.07) is 3.69. The summed E-state index contributed by atoms with van der Waals surface area (Å²) in [6.45, 7) is -0.810. The lowest BCUT2D eigenvalue weighted by Gasteiger charge is -2.40. The van der Waals surface area contributed by atoms with Crippen LogP contribution in [0.2, 0.25) is 0 Å². The van der Waals surface area contributed by atoms with E-state index in [1.54, 1.807) is 0 Å². The predicted octanol–water partition coefficient (Wildman–Crippen LogP) is 9.97. The minimum Gasteiger partial charge on any atom is -0.232 e. The molecule has 0 heterocycles. The zero-order valence-corrected chi connectivity index (χ0v) is 23.2. The van der Waals surface area contributed by atoms with Gasteiger partial charge in [-0.05, 0) is 22.8 Å². The molecule has 28 heavy (non-hydrogen) atoms. The molecule has 15 heteroatoms. The third-order valence-corrected chi connectivity index (χ3v) is 11.3. The largest absolute Gasteiger partial charge is 0.232 e. The Morgan fingerprint density at radius 1 is 0.607 bits per heavy atom. The first-order valence-electron chi connectivity index (χ1n) is 6.53. The Morgan fingerprint density at radius 2 is 1.00 bits per heavy atom. The fraction of sp³-hybridized carbons (Fsp3) is 0.538. The van der Waals surface area contributed by atoms with E-state index in [-0.39, 0.29) is 16.7 Å². The number of hydrogen-bond donors (Lipinski definition) is 0. The summed E-state index contributed by atoms with van der Waals surface area (Å²) < 4.78 is -14.1. The Hall–Kier alpha value is 3.24. The molecule has 0 saturated heterocycles. The molecule has 0 unspecified atom stereocenters. The molecule has 0 amide bonds. The van der Waals surface area contributed by atoms with E-state index < -0.39 is 31.5 Å². The number of halogens is 14. The van der Waals surface area contributed by atoms with Crippen LogP contribution in [0.4, 0.5) is 0 Å². The van der Waals surface area contributed by atoms with Crippen LogP contribution in [-0.2, 0) is 20.4 Å². The van der Waals surface area contributed by atoms with Crippen molar-refractivity contribution >= 4 is 162 Å². The van der Waals surface area contributed by atoms with Crippen LogP contribution in [0, 0.1) is 0 Å². The van der Waals surface area contributed by atoms with Crippen molar-refractivity contribution in [2.24, 2.45) is 0 Å². The number of rotatable bonds is 5. The van der Waals surface area contributed by atoms with Gasteiger partial charge in [-0.2, -0.15) is 0 Å². The summed E-state index contributed by atoms with van der Waals surface area (Å²) in [4.78, 5) is 0. The van der Waals surface area contributed by atoms with E-state index in [2.05, 4.69) is 0 Å². The fourth-order valence-electron chi connectivity index (χ4n) is 1.90. The average Bonchev–Trinajstić information content (AvgIpc) is 2.51. The minimum atomic E-state index is -2.44. The first kappa shape index (κ1) is 29.3. The molecular formula is C13H5Cl14O. The highest BCUT2D eigenvalue weighted by Gasteiger charge is 2.63. The third kappa shape index (κ3) is 5.31. The van der Waals surface area contributed by atoms with Gasteiger partial charge in [0, 0.05) is 0 Å².